The number of sulfonamides is 1. The number of anilines is 1. The lowest BCUT2D eigenvalue weighted by atomic mass is 9.97. The number of carboxylic acids is 1. The first-order valence-corrected chi connectivity index (χ1v) is 10.8. The molecule has 0 radical (unpaired) electrons. The summed E-state index contributed by atoms with van der Waals surface area (Å²) in [5.74, 6) is -2.60. The van der Waals surface area contributed by atoms with Crippen LogP contribution in [0.1, 0.15) is 37.4 Å². The van der Waals surface area contributed by atoms with Crippen LogP contribution in [0, 0.1) is 5.82 Å². The van der Waals surface area contributed by atoms with Gasteiger partial charge in [-0.1, -0.05) is 13.8 Å². The van der Waals surface area contributed by atoms with Crippen LogP contribution in [0.5, 0.6) is 0 Å². The molecule has 0 aliphatic rings. The van der Waals surface area contributed by atoms with Crippen molar-refractivity contribution in [1.29, 1.82) is 0 Å². The zero-order valence-electron chi connectivity index (χ0n) is 17.0. The quantitative estimate of drug-likeness (QED) is 0.500. The van der Waals surface area contributed by atoms with Gasteiger partial charge in [0.2, 0.25) is 16.0 Å². The van der Waals surface area contributed by atoms with Crippen molar-refractivity contribution in [3.63, 3.8) is 0 Å². The summed E-state index contributed by atoms with van der Waals surface area (Å²) in [5, 5.41) is 8.78. The van der Waals surface area contributed by atoms with Crippen molar-refractivity contribution >= 4 is 33.8 Å². The number of nitrogens with zero attached hydrogens (tertiary/aromatic N) is 3. The molecule has 1 aromatic heterocycles. The molecule has 0 saturated carbocycles. The van der Waals surface area contributed by atoms with Gasteiger partial charge in [0.05, 0.1) is 17.6 Å². The fraction of sp³-hybridized carbons (Fsp3) is 0.300. The molecule has 0 bridgehead atoms. The molecular weight excluding hydrogens is 413 g/mol. The Kier molecular flexibility index (Phi) is 7.04. The van der Waals surface area contributed by atoms with Crippen LogP contribution in [0.15, 0.2) is 30.3 Å². The van der Waals surface area contributed by atoms with Gasteiger partial charge >= 0.3 is 5.97 Å². The minimum Gasteiger partial charge on any atom is -0.481 e. The monoisotopic (exact) mass is 435 g/mol. The van der Waals surface area contributed by atoms with Crippen LogP contribution in [0.4, 0.5) is 10.3 Å². The van der Waals surface area contributed by atoms with Gasteiger partial charge in [0.25, 0.3) is 0 Å². The third kappa shape index (κ3) is 5.69. The summed E-state index contributed by atoms with van der Waals surface area (Å²) in [6.07, 6.45) is 2.87. The average molecular weight is 435 g/mol. The highest BCUT2D eigenvalue weighted by molar-refractivity contribution is 7.92. The van der Waals surface area contributed by atoms with Crippen LogP contribution in [-0.4, -0.2) is 48.5 Å². The molecule has 8 nitrogen and oxygen atoms in total. The molecule has 10 heteroatoms. The van der Waals surface area contributed by atoms with Crippen molar-refractivity contribution in [2.24, 2.45) is 0 Å². The summed E-state index contributed by atoms with van der Waals surface area (Å²) in [5.41, 5.74) is 1.64. The van der Waals surface area contributed by atoms with E-state index >= 15 is 0 Å². The smallest absolute Gasteiger partial charge is 0.311 e. The van der Waals surface area contributed by atoms with E-state index in [2.05, 4.69) is 9.97 Å². The summed E-state index contributed by atoms with van der Waals surface area (Å²) in [7, 11) is -2.33. The van der Waals surface area contributed by atoms with Crippen LogP contribution in [0.2, 0.25) is 0 Å². The minimum atomic E-state index is -3.65. The van der Waals surface area contributed by atoms with E-state index in [-0.39, 0.29) is 11.9 Å². The number of hydrogen-bond acceptors (Lipinski definition) is 6. The lowest BCUT2D eigenvalue weighted by molar-refractivity contribution is -0.139. The second-order valence-corrected chi connectivity index (χ2v) is 8.95. The van der Waals surface area contributed by atoms with Gasteiger partial charge in [-0.15, -0.1) is 0 Å². The first kappa shape index (κ1) is 23.1. The predicted molar refractivity (Wildman–Crippen MR) is 111 cm³/mol. The first-order valence-electron chi connectivity index (χ1n) is 8.94. The van der Waals surface area contributed by atoms with Gasteiger partial charge in [0, 0.05) is 18.2 Å². The van der Waals surface area contributed by atoms with Crippen molar-refractivity contribution in [3.05, 3.63) is 47.4 Å². The van der Waals surface area contributed by atoms with E-state index in [1.165, 1.54) is 37.4 Å². The molecule has 1 heterocycles. The Morgan fingerprint density at radius 3 is 2.30 bits per heavy atom. The van der Waals surface area contributed by atoms with E-state index in [0.717, 1.165) is 16.6 Å². The summed E-state index contributed by atoms with van der Waals surface area (Å²) in [6.45, 7) is 3.66. The molecule has 0 saturated heterocycles. The summed E-state index contributed by atoms with van der Waals surface area (Å²) in [6, 6.07) is 5.41. The highest BCUT2D eigenvalue weighted by Gasteiger charge is 2.22. The van der Waals surface area contributed by atoms with Crippen molar-refractivity contribution in [3.8, 4) is 11.3 Å². The fourth-order valence-electron chi connectivity index (χ4n) is 2.58. The number of carboxylic acid groups (broad SMARTS) is 1. The molecule has 0 aliphatic carbocycles. The molecule has 30 heavy (non-hydrogen) atoms. The highest BCUT2D eigenvalue weighted by atomic mass is 32.2. The van der Waals surface area contributed by atoms with Gasteiger partial charge in [0.15, 0.2) is 5.78 Å². The third-order valence-corrected chi connectivity index (χ3v) is 5.33. The Labute approximate surface area is 174 Å². The molecule has 0 spiro atoms. The van der Waals surface area contributed by atoms with E-state index in [1.807, 2.05) is 13.8 Å². The molecular formula is C20H22FN3O5S. The molecule has 2 aromatic rings. The number of hydrogen-bond donors (Lipinski definition) is 1. The fourth-order valence-corrected chi connectivity index (χ4v) is 2.96. The molecule has 160 valence electrons. The normalized spacial score (nSPS) is 11.8. The Morgan fingerprint density at radius 1 is 1.20 bits per heavy atom. The van der Waals surface area contributed by atoms with Gasteiger partial charge < -0.3 is 5.11 Å². The van der Waals surface area contributed by atoms with E-state index < -0.39 is 34.0 Å². The SMILES string of the molecule is CC(C)c1nc(N(C)S(C)(=O)=O)nc(-c2ccc(F)cc2)c1C=CC(=O)CC(=O)O. The Bertz CT molecular complexity index is 1100. The number of benzene rings is 1. The van der Waals surface area contributed by atoms with Crippen LogP contribution in [0.3, 0.4) is 0 Å². The second kappa shape index (κ2) is 9.12. The second-order valence-electron chi connectivity index (χ2n) is 6.93. The maximum absolute atomic E-state index is 13.4. The van der Waals surface area contributed by atoms with Gasteiger partial charge in [0.1, 0.15) is 12.2 Å². The third-order valence-electron chi connectivity index (χ3n) is 4.17. The van der Waals surface area contributed by atoms with E-state index in [4.69, 9.17) is 5.11 Å². The Balaban J connectivity index is 2.76. The van der Waals surface area contributed by atoms with Gasteiger partial charge in [-0.3, -0.25) is 9.59 Å². The number of aromatic nitrogens is 2. The number of halogens is 1. The molecule has 2 rings (SSSR count). The number of allylic oxidation sites excluding steroid dienone is 1. The molecule has 0 atom stereocenters. The van der Waals surface area contributed by atoms with E-state index in [9.17, 15) is 22.4 Å². The maximum atomic E-state index is 13.4. The van der Waals surface area contributed by atoms with Gasteiger partial charge in [-0.2, -0.15) is 0 Å². The molecule has 1 N–H and O–H groups in total. The molecule has 0 amide bonds. The first-order chi connectivity index (χ1) is 13.9. The standard InChI is InChI=1S/C20H22FN3O5S/c1-12(2)18-16(10-9-15(25)11-17(26)27)19(13-5-7-14(21)8-6-13)23-20(22-18)24(3)30(4,28)29/h5-10,12H,11H2,1-4H3,(H,26,27). The van der Waals surface area contributed by atoms with Crippen LogP contribution < -0.4 is 4.31 Å². The Hall–Kier alpha value is -3.14. The average Bonchev–Trinajstić information content (AvgIpc) is 2.64. The van der Waals surface area contributed by atoms with Crippen molar-refractivity contribution < 1.29 is 27.5 Å². The molecule has 0 aliphatic heterocycles. The molecule has 0 fully saturated rings. The van der Waals surface area contributed by atoms with Gasteiger partial charge in [-0.25, -0.2) is 27.1 Å². The van der Waals surface area contributed by atoms with Crippen LogP contribution >= 0.6 is 0 Å². The van der Waals surface area contributed by atoms with Crippen LogP contribution in [0.25, 0.3) is 17.3 Å². The minimum absolute atomic E-state index is 0.0745. The number of carbonyl (C=O) groups excluding carboxylic acids is 1. The lowest BCUT2D eigenvalue weighted by Gasteiger charge is -2.20. The summed E-state index contributed by atoms with van der Waals surface area (Å²) < 4.78 is 38.3. The highest BCUT2D eigenvalue weighted by Crippen LogP contribution is 2.31. The zero-order valence-corrected chi connectivity index (χ0v) is 17.8. The number of carbonyl (C=O) groups is 2. The topological polar surface area (TPSA) is 118 Å². The van der Waals surface area contributed by atoms with Crippen LogP contribution in [-0.2, 0) is 19.6 Å². The molecule has 1 aromatic carbocycles. The number of ketones is 1. The van der Waals surface area contributed by atoms with Crippen molar-refractivity contribution in [2.45, 2.75) is 26.2 Å². The lowest BCUT2D eigenvalue weighted by Crippen LogP contribution is -2.27. The van der Waals surface area contributed by atoms with Gasteiger partial charge in [-0.05, 0) is 42.3 Å². The largest absolute Gasteiger partial charge is 0.481 e. The summed E-state index contributed by atoms with van der Waals surface area (Å²) in [4.78, 5) is 31.3. The van der Waals surface area contributed by atoms with E-state index in [0.29, 0.717) is 22.5 Å². The summed E-state index contributed by atoms with van der Waals surface area (Å²) >= 11 is 0. The van der Waals surface area contributed by atoms with Crippen molar-refractivity contribution in [2.75, 3.05) is 17.6 Å². The van der Waals surface area contributed by atoms with E-state index in [1.54, 1.807) is 0 Å². The van der Waals surface area contributed by atoms with Crippen molar-refractivity contribution in [1.82, 2.24) is 9.97 Å². The zero-order chi connectivity index (χ0) is 22.6. The Morgan fingerprint density at radius 2 is 1.80 bits per heavy atom. The number of aliphatic carboxylic acids is 1. The predicted octanol–water partition coefficient (Wildman–Crippen LogP) is 2.86. The number of rotatable bonds is 8. The molecule has 0 unspecified atom stereocenters. The maximum Gasteiger partial charge on any atom is 0.311 e.